The zero-order chi connectivity index (χ0) is 19.3. The van der Waals surface area contributed by atoms with Gasteiger partial charge < -0.3 is 10.1 Å². The summed E-state index contributed by atoms with van der Waals surface area (Å²) >= 11 is 0. The molecule has 138 valence electrons. The number of carbonyl (C=O) groups excluding carboxylic acids is 2. The van der Waals surface area contributed by atoms with Crippen molar-refractivity contribution >= 4 is 27.6 Å². The number of sulfonamides is 1. The van der Waals surface area contributed by atoms with E-state index in [0.29, 0.717) is 11.3 Å². The zero-order valence-corrected chi connectivity index (χ0v) is 15.3. The number of esters is 1. The van der Waals surface area contributed by atoms with E-state index in [0.717, 1.165) is 18.1 Å². The van der Waals surface area contributed by atoms with Crippen molar-refractivity contribution in [1.82, 2.24) is 0 Å². The van der Waals surface area contributed by atoms with Crippen LogP contribution in [0.15, 0.2) is 47.4 Å². The number of benzene rings is 2. The van der Waals surface area contributed by atoms with E-state index in [1.807, 2.05) is 25.1 Å². The third kappa shape index (κ3) is 5.14. The number of nitrogens with one attached hydrogen (secondary N) is 1. The lowest BCUT2D eigenvalue weighted by Gasteiger charge is -2.10. The molecule has 0 bridgehead atoms. The summed E-state index contributed by atoms with van der Waals surface area (Å²) in [6.07, 6.45) is 0.832. The molecule has 1 amide bonds. The van der Waals surface area contributed by atoms with Crippen LogP contribution in [0.1, 0.15) is 28.4 Å². The molecule has 2 aromatic rings. The van der Waals surface area contributed by atoms with E-state index >= 15 is 0 Å². The first-order chi connectivity index (χ1) is 12.2. The molecular formula is C18H20N2O5S. The van der Waals surface area contributed by atoms with E-state index in [2.05, 4.69) is 5.32 Å². The van der Waals surface area contributed by atoms with Crippen LogP contribution in [0.2, 0.25) is 0 Å². The molecule has 0 atom stereocenters. The number of anilines is 1. The molecule has 2 aromatic carbocycles. The Labute approximate surface area is 152 Å². The van der Waals surface area contributed by atoms with Gasteiger partial charge in [-0.15, -0.1) is 0 Å². The predicted octanol–water partition coefficient (Wildman–Crippen LogP) is 2.00. The maximum atomic E-state index is 12.2. The van der Waals surface area contributed by atoms with Gasteiger partial charge in [0.15, 0.2) is 6.61 Å². The molecular weight excluding hydrogens is 356 g/mol. The van der Waals surface area contributed by atoms with Gasteiger partial charge in [0.2, 0.25) is 10.0 Å². The summed E-state index contributed by atoms with van der Waals surface area (Å²) in [5.74, 6) is -1.29. The van der Waals surface area contributed by atoms with Crippen LogP contribution < -0.4 is 10.5 Å². The van der Waals surface area contributed by atoms with E-state index in [-0.39, 0.29) is 10.5 Å². The molecule has 0 spiro atoms. The van der Waals surface area contributed by atoms with E-state index < -0.39 is 28.5 Å². The Bertz CT molecular complexity index is 938. The number of carbonyl (C=O) groups is 2. The molecule has 0 fully saturated rings. The minimum Gasteiger partial charge on any atom is -0.452 e. The van der Waals surface area contributed by atoms with Gasteiger partial charge in [-0.1, -0.05) is 25.1 Å². The van der Waals surface area contributed by atoms with Crippen molar-refractivity contribution in [2.24, 2.45) is 5.14 Å². The number of rotatable bonds is 6. The quantitative estimate of drug-likeness (QED) is 0.748. The Morgan fingerprint density at radius 3 is 2.54 bits per heavy atom. The van der Waals surface area contributed by atoms with Gasteiger partial charge in [0.1, 0.15) is 0 Å². The molecule has 0 saturated heterocycles. The first-order valence-corrected chi connectivity index (χ1v) is 9.44. The fourth-order valence-corrected chi connectivity index (χ4v) is 2.81. The molecule has 0 aliphatic rings. The van der Waals surface area contributed by atoms with E-state index in [9.17, 15) is 18.0 Å². The second-order valence-electron chi connectivity index (χ2n) is 5.70. The summed E-state index contributed by atoms with van der Waals surface area (Å²) in [6, 6.07) is 11.2. The van der Waals surface area contributed by atoms with Gasteiger partial charge in [-0.25, -0.2) is 18.4 Å². The summed E-state index contributed by atoms with van der Waals surface area (Å²) in [4.78, 5) is 23.9. The van der Waals surface area contributed by atoms with Crippen LogP contribution in [0, 0.1) is 6.92 Å². The first-order valence-electron chi connectivity index (χ1n) is 7.90. The van der Waals surface area contributed by atoms with Gasteiger partial charge in [0.25, 0.3) is 5.91 Å². The molecule has 0 aliphatic heterocycles. The van der Waals surface area contributed by atoms with E-state index in [1.54, 1.807) is 13.0 Å². The summed E-state index contributed by atoms with van der Waals surface area (Å²) in [5, 5.41) is 7.71. The van der Waals surface area contributed by atoms with Crippen LogP contribution in [0.4, 0.5) is 5.69 Å². The number of hydrogen-bond donors (Lipinski definition) is 2. The van der Waals surface area contributed by atoms with Crippen molar-refractivity contribution in [2.75, 3.05) is 11.9 Å². The first kappa shape index (κ1) is 19.6. The summed E-state index contributed by atoms with van der Waals surface area (Å²) in [5.41, 5.74) is 2.23. The van der Waals surface area contributed by atoms with E-state index in [4.69, 9.17) is 9.88 Å². The fraction of sp³-hybridized carbons (Fsp3) is 0.222. The van der Waals surface area contributed by atoms with Gasteiger partial charge in [-0.2, -0.15) is 0 Å². The molecule has 0 saturated carbocycles. The van der Waals surface area contributed by atoms with Gasteiger partial charge in [0.05, 0.1) is 10.5 Å². The van der Waals surface area contributed by atoms with Crippen LogP contribution in [-0.4, -0.2) is 26.9 Å². The molecule has 0 aliphatic carbocycles. The maximum absolute atomic E-state index is 12.2. The van der Waals surface area contributed by atoms with Crippen LogP contribution in [-0.2, 0) is 26.0 Å². The minimum atomic E-state index is -3.94. The summed E-state index contributed by atoms with van der Waals surface area (Å²) in [6.45, 7) is 3.13. The predicted molar refractivity (Wildman–Crippen MR) is 97.3 cm³/mol. The highest BCUT2D eigenvalue weighted by atomic mass is 32.2. The number of hydrogen-bond acceptors (Lipinski definition) is 5. The van der Waals surface area contributed by atoms with Crippen molar-refractivity contribution in [3.63, 3.8) is 0 Å². The second kappa shape index (κ2) is 8.11. The van der Waals surface area contributed by atoms with Gasteiger partial charge >= 0.3 is 5.97 Å². The summed E-state index contributed by atoms with van der Waals surface area (Å²) < 4.78 is 27.8. The molecule has 0 aromatic heterocycles. The maximum Gasteiger partial charge on any atom is 0.338 e. The number of ether oxygens (including phenoxy) is 1. The van der Waals surface area contributed by atoms with Crippen molar-refractivity contribution in [2.45, 2.75) is 25.2 Å². The molecule has 8 heteroatoms. The highest BCUT2D eigenvalue weighted by molar-refractivity contribution is 7.89. The molecule has 3 N–H and O–H groups in total. The Hall–Kier alpha value is -2.71. The van der Waals surface area contributed by atoms with Crippen molar-refractivity contribution in [3.05, 3.63) is 59.2 Å². The minimum absolute atomic E-state index is 0.0392. The average molecular weight is 376 g/mol. The normalized spacial score (nSPS) is 11.0. The third-order valence-corrected chi connectivity index (χ3v) is 4.62. The number of primary sulfonamides is 1. The van der Waals surface area contributed by atoms with E-state index in [1.165, 1.54) is 12.1 Å². The van der Waals surface area contributed by atoms with Crippen molar-refractivity contribution in [3.8, 4) is 0 Å². The lowest BCUT2D eigenvalue weighted by molar-refractivity contribution is -0.119. The standard InChI is InChI=1S/C18H20N2O5S/c1-3-13-5-4-6-14(9-13)20-17(21)11-25-18(22)16-10-15(26(19,23)24)8-7-12(16)2/h4-10H,3,11H2,1-2H3,(H,20,21)(H2,19,23,24). The van der Waals surface area contributed by atoms with Gasteiger partial charge in [-0.05, 0) is 48.7 Å². The van der Waals surface area contributed by atoms with Crippen LogP contribution in [0.3, 0.4) is 0 Å². The number of aryl methyl sites for hydroxylation is 2. The fourth-order valence-electron chi connectivity index (χ4n) is 2.27. The monoisotopic (exact) mass is 376 g/mol. The largest absolute Gasteiger partial charge is 0.452 e. The molecule has 0 unspecified atom stereocenters. The lowest BCUT2D eigenvalue weighted by atomic mass is 10.1. The molecule has 0 heterocycles. The van der Waals surface area contributed by atoms with Crippen molar-refractivity contribution < 1.29 is 22.7 Å². The number of nitrogens with two attached hydrogens (primary N) is 1. The molecule has 0 radical (unpaired) electrons. The lowest BCUT2D eigenvalue weighted by Crippen LogP contribution is -2.21. The van der Waals surface area contributed by atoms with Crippen LogP contribution in [0.25, 0.3) is 0 Å². The van der Waals surface area contributed by atoms with Gasteiger partial charge in [0, 0.05) is 5.69 Å². The topological polar surface area (TPSA) is 116 Å². The Balaban J connectivity index is 2.03. The highest BCUT2D eigenvalue weighted by Crippen LogP contribution is 2.16. The number of amides is 1. The Kier molecular flexibility index (Phi) is 6.12. The van der Waals surface area contributed by atoms with Gasteiger partial charge in [-0.3, -0.25) is 4.79 Å². The van der Waals surface area contributed by atoms with Crippen LogP contribution in [0.5, 0.6) is 0 Å². The zero-order valence-electron chi connectivity index (χ0n) is 14.5. The van der Waals surface area contributed by atoms with Crippen LogP contribution >= 0.6 is 0 Å². The summed E-state index contributed by atoms with van der Waals surface area (Å²) in [7, 11) is -3.94. The molecule has 7 nitrogen and oxygen atoms in total. The Morgan fingerprint density at radius 1 is 1.15 bits per heavy atom. The smallest absolute Gasteiger partial charge is 0.338 e. The van der Waals surface area contributed by atoms with Crippen molar-refractivity contribution in [1.29, 1.82) is 0 Å². The second-order valence-corrected chi connectivity index (χ2v) is 7.26. The highest BCUT2D eigenvalue weighted by Gasteiger charge is 2.17. The molecule has 2 rings (SSSR count). The molecule has 26 heavy (non-hydrogen) atoms. The Morgan fingerprint density at radius 2 is 1.88 bits per heavy atom. The average Bonchev–Trinajstić information content (AvgIpc) is 2.59. The third-order valence-electron chi connectivity index (χ3n) is 3.71. The SMILES string of the molecule is CCc1cccc(NC(=O)COC(=O)c2cc(S(N)(=O)=O)ccc2C)c1.